The van der Waals surface area contributed by atoms with Gasteiger partial charge in [0.05, 0.1) is 25.3 Å². The largest absolute Gasteiger partial charge is 0.371 e. The lowest BCUT2D eigenvalue weighted by Gasteiger charge is -2.53. The van der Waals surface area contributed by atoms with Gasteiger partial charge in [0, 0.05) is 49.6 Å². The predicted molar refractivity (Wildman–Crippen MR) is 111 cm³/mol. The summed E-state index contributed by atoms with van der Waals surface area (Å²) in [6.07, 6.45) is 6.82. The van der Waals surface area contributed by atoms with Crippen LogP contribution in [0.4, 0.5) is 0 Å². The Balaban J connectivity index is 1.18. The van der Waals surface area contributed by atoms with Crippen molar-refractivity contribution in [3.8, 4) is 0 Å². The van der Waals surface area contributed by atoms with Crippen molar-refractivity contribution in [2.24, 2.45) is 13.0 Å². The third kappa shape index (κ3) is 3.33. The van der Waals surface area contributed by atoms with Gasteiger partial charge in [-0.15, -0.1) is 0 Å². The molecule has 6 heteroatoms. The fraction of sp³-hybridized carbons (Fsp3) is 0.565. The third-order valence-corrected chi connectivity index (χ3v) is 6.91. The van der Waals surface area contributed by atoms with Crippen LogP contribution >= 0.6 is 0 Å². The van der Waals surface area contributed by atoms with Crippen LogP contribution in [0.25, 0.3) is 10.9 Å². The van der Waals surface area contributed by atoms with E-state index in [1.165, 1.54) is 0 Å². The molecule has 0 radical (unpaired) electrons. The average molecular weight is 396 g/mol. The van der Waals surface area contributed by atoms with Gasteiger partial charge in [-0.1, -0.05) is 18.2 Å². The highest BCUT2D eigenvalue weighted by Crippen LogP contribution is 2.37. The monoisotopic (exact) mass is 395 g/mol. The Morgan fingerprint density at radius 2 is 2.07 bits per heavy atom. The number of rotatable bonds is 3. The van der Waals surface area contributed by atoms with Gasteiger partial charge in [0.15, 0.2) is 0 Å². The number of aromatic nitrogens is 1. The van der Waals surface area contributed by atoms with Crippen molar-refractivity contribution in [2.45, 2.75) is 37.7 Å². The van der Waals surface area contributed by atoms with Crippen molar-refractivity contribution in [1.82, 2.24) is 14.4 Å². The first-order chi connectivity index (χ1) is 14.0. The molecule has 3 fully saturated rings. The van der Waals surface area contributed by atoms with Gasteiger partial charge in [-0.2, -0.15) is 0 Å². The average Bonchev–Trinajstić information content (AvgIpc) is 3.05. The standard InChI is InChI=1S/C23H29N3O3/c1-24-13-19(18-6-2-3-7-20(18)24)22(28)26-15-23(16-26)10-9-17(14-29-23)12-25-11-5-4-8-21(25)27/h2-3,6-7,13,17H,4-5,8-12,14-16H2,1H3. The molecule has 29 heavy (non-hydrogen) atoms. The lowest BCUT2D eigenvalue weighted by molar-refractivity contribution is -0.170. The highest BCUT2D eigenvalue weighted by molar-refractivity contribution is 6.07. The van der Waals surface area contributed by atoms with E-state index >= 15 is 0 Å². The zero-order valence-corrected chi connectivity index (χ0v) is 17.1. The molecular formula is C23H29N3O3. The SMILES string of the molecule is Cn1cc(C(=O)N2CC3(CCC(CN4CCCCC4=O)CO3)C2)c2ccccc21. The van der Waals surface area contributed by atoms with Crippen molar-refractivity contribution in [3.63, 3.8) is 0 Å². The van der Waals surface area contributed by atoms with Crippen molar-refractivity contribution in [3.05, 3.63) is 36.0 Å². The number of hydrogen-bond donors (Lipinski definition) is 0. The van der Waals surface area contributed by atoms with E-state index in [4.69, 9.17) is 4.74 Å². The molecule has 0 N–H and O–H groups in total. The molecule has 3 aliphatic heterocycles. The maximum Gasteiger partial charge on any atom is 0.256 e. The zero-order valence-electron chi connectivity index (χ0n) is 17.1. The number of carbonyl (C=O) groups is 2. The van der Waals surface area contributed by atoms with Gasteiger partial charge in [-0.25, -0.2) is 0 Å². The normalized spacial score (nSPS) is 24.2. The predicted octanol–water partition coefficient (Wildman–Crippen LogP) is 2.81. The van der Waals surface area contributed by atoms with E-state index in [1.807, 2.05) is 51.9 Å². The van der Waals surface area contributed by atoms with Crippen molar-refractivity contribution >= 4 is 22.7 Å². The number of carbonyl (C=O) groups excluding carboxylic acids is 2. The minimum atomic E-state index is -0.178. The summed E-state index contributed by atoms with van der Waals surface area (Å²) in [6.45, 7) is 3.76. The summed E-state index contributed by atoms with van der Waals surface area (Å²) < 4.78 is 8.28. The molecule has 0 aliphatic carbocycles. The first kappa shape index (κ1) is 18.7. The van der Waals surface area contributed by atoms with E-state index in [-0.39, 0.29) is 11.5 Å². The molecule has 4 heterocycles. The molecule has 2 aromatic rings. The molecule has 1 atom stereocenters. The Morgan fingerprint density at radius 3 is 2.83 bits per heavy atom. The molecule has 1 aromatic carbocycles. The third-order valence-electron chi connectivity index (χ3n) is 6.91. The first-order valence-electron chi connectivity index (χ1n) is 10.8. The van der Waals surface area contributed by atoms with Gasteiger partial charge < -0.3 is 19.1 Å². The Kier molecular flexibility index (Phi) is 4.62. The van der Waals surface area contributed by atoms with Crippen LogP contribution in [-0.2, 0) is 16.6 Å². The molecule has 1 unspecified atom stereocenters. The number of hydrogen-bond acceptors (Lipinski definition) is 3. The molecule has 1 aromatic heterocycles. The maximum atomic E-state index is 13.1. The fourth-order valence-corrected chi connectivity index (χ4v) is 5.15. The van der Waals surface area contributed by atoms with Crippen LogP contribution in [0.15, 0.2) is 30.5 Å². The van der Waals surface area contributed by atoms with Crippen LogP contribution in [-0.4, -0.2) is 64.6 Å². The first-order valence-corrected chi connectivity index (χ1v) is 10.8. The number of piperidine rings is 1. The number of likely N-dealkylation sites (tertiary alicyclic amines) is 2. The van der Waals surface area contributed by atoms with Gasteiger partial charge in [0.2, 0.25) is 5.91 Å². The van der Waals surface area contributed by atoms with Gasteiger partial charge in [-0.3, -0.25) is 9.59 Å². The molecule has 5 rings (SSSR count). The summed E-state index contributed by atoms with van der Waals surface area (Å²) >= 11 is 0. The van der Waals surface area contributed by atoms with Crippen LogP contribution < -0.4 is 0 Å². The molecular weight excluding hydrogens is 366 g/mol. The number of aryl methyl sites for hydroxylation is 1. The van der Waals surface area contributed by atoms with Crippen LogP contribution in [0.1, 0.15) is 42.5 Å². The Labute approximate surface area is 171 Å². The molecule has 2 amide bonds. The Hall–Kier alpha value is -2.34. The van der Waals surface area contributed by atoms with E-state index in [1.54, 1.807) is 0 Å². The fourth-order valence-electron chi connectivity index (χ4n) is 5.15. The summed E-state index contributed by atoms with van der Waals surface area (Å²) in [5.74, 6) is 0.814. The summed E-state index contributed by atoms with van der Waals surface area (Å²) in [4.78, 5) is 29.0. The van der Waals surface area contributed by atoms with E-state index in [0.717, 1.165) is 55.2 Å². The summed E-state index contributed by atoms with van der Waals surface area (Å²) in [6, 6.07) is 8.04. The van der Waals surface area contributed by atoms with E-state index in [0.29, 0.717) is 37.9 Å². The molecule has 1 spiro atoms. The van der Waals surface area contributed by atoms with E-state index < -0.39 is 0 Å². The lowest BCUT2D eigenvalue weighted by atomic mass is 9.82. The summed E-state index contributed by atoms with van der Waals surface area (Å²) in [7, 11) is 1.98. The molecule has 3 saturated heterocycles. The second-order valence-electron chi connectivity index (χ2n) is 9.03. The molecule has 0 saturated carbocycles. The Morgan fingerprint density at radius 1 is 1.24 bits per heavy atom. The number of ether oxygens (including phenoxy) is 1. The Bertz CT molecular complexity index is 934. The van der Waals surface area contributed by atoms with Crippen LogP contribution in [0, 0.1) is 5.92 Å². The summed E-state index contributed by atoms with van der Waals surface area (Å²) in [5, 5.41) is 1.01. The summed E-state index contributed by atoms with van der Waals surface area (Å²) in [5.41, 5.74) is 1.67. The second-order valence-corrected chi connectivity index (χ2v) is 9.03. The van der Waals surface area contributed by atoms with E-state index in [9.17, 15) is 9.59 Å². The highest BCUT2D eigenvalue weighted by atomic mass is 16.5. The van der Waals surface area contributed by atoms with Crippen LogP contribution in [0.5, 0.6) is 0 Å². The van der Waals surface area contributed by atoms with E-state index in [2.05, 4.69) is 0 Å². The van der Waals surface area contributed by atoms with Gasteiger partial charge in [0.1, 0.15) is 5.60 Å². The number of fused-ring (bicyclic) bond motifs is 1. The molecule has 3 aliphatic rings. The van der Waals surface area contributed by atoms with Gasteiger partial charge in [0.25, 0.3) is 5.91 Å². The topological polar surface area (TPSA) is 54.8 Å². The zero-order chi connectivity index (χ0) is 20.0. The molecule has 0 bridgehead atoms. The maximum absolute atomic E-state index is 13.1. The van der Waals surface area contributed by atoms with Crippen molar-refractivity contribution in [2.75, 3.05) is 32.8 Å². The molecule has 6 nitrogen and oxygen atoms in total. The smallest absolute Gasteiger partial charge is 0.256 e. The minimum absolute atomic E-state index is 0.0945. The van der Waals surface area contributed by atoms with Crippen LogP contribution in [0.3, 0.4) is 0 Å². The number of benzene rings is 1. The van der Waals surface area contributed by atoms with Crippen molar-refractivity contribution in [1.29, 1.82) is 0 Å². The quantitative estimate of drug-likeness (QED) is 0.803. The number of nitrogens with zero attached hydrogens (tertiary/aromatic N) is 3. The van der Waals surface area contributed by atoms with Crippen LogP contribution in [0.2, 0.25) is 0 Å². The second kappa shape index (κ2) is 7.17. The number of amides is 2. The molecule has 154 valence electrons. The van der Waals surface area contributed by atoms with Gasteiger partial charge in [-0.05, 0) is 31.7 Å². The van der Waals surface area contributed by atoms with Crippen molar-refractivity contribution < 1.29 is 14.3 Å². The highest BCUT2D eigenvalue weighted by Gasteiger charge is 2.49. The number of para-hydroxylation sites is 1. The minimum Gasteiger partial charge on any atom is -0.371 e. The van der Waals surface area contributed by atoms with Gasteiger partial charge >= 0.3 is 0 Å². The lowest BCUT2D eigenvalue weighted by Crippen LogP contribution is -2.66.